The Morgan fingerprint density at radius 1 is 1.08 bits per heavy atom. The molecule has 0 bridgehead atoms. The number of rotatable bonds is 5. The average molecular weight is 347 g/mol. The predicted molar refractivity (Wildman–Crippen MR) is 104 cm³/mol. The standard InChI is InChI=1S/C21H21N3O2/c1-3-15-8-10-17(11-9-15)26-18-6-4-5-16(13-18)24-21(25)19-12-7-14(2)23-20(19)22/h4-13H,3H2,1-2H3,(H2,22,23)(H,24,25). The molecule has 3 N–H and O–H groups in total. The summed E-state index contributed by atoms with van der Waals surface area (Å²) in [5, 5.41) is 2.82. The maximum Gasteiger partial charge on any atom is 0.259 e. The number of benzene rings is 2. The zero-order valence-corrected chi connectivity index (χ0v) is 14.8. The molecule has 0 aliphatic rings. The number of pyridine rings is 1. The zero-order valence-electron chi connectivity index (χ0n) is 14.8. The number of nitrogens with one attached hydrogen (secondary N) is 1. The first kappa shape index (κ1) is 17.5. The fourth-order valence-electron chi connectivity index (χ4n) is 2.53. The van der Waals surface area contributed by atoms with E-state index in [0.717, 1.165) is 17.9 Å². The summed E-state index contributed by atoms with van der Waals surface area (Å²) in [5.74, 6) is 1.30. The van der Waals surface area contributed by atoms with E-state index in [1.165, 1.54) is 5.56 Å². The van der Waals surface area contributed by atoms with Crippen LogP contribution in [0.25, 0.3) is 0 Å². The van der Waals surface area contributed by atoms with Crippen LogP contribution >= 0.6 is 0 Å². The van der Waals surface area contributed by atoms with Crippen LogP contribution in [0.1, 0.15) is 28.5 Å². The highest BCUT2D eigenvalue weighted by Crippen LogP contribution is 2.25. The number of hydrogen-bond donors (Lipinski definition) is 2. The second kappa shape index (κ2) is 7.70. The minimum absolute atomic E-state index is 0.214. The van der Waals surface area contributed by atoms with Crippen molar-refractivity contribution >= 4 is 17.4 Å². The fraction of sp³-hybridized carbons (Fsp3) is 0.143. The zero-order chi connectivity index (χ0) is 18.5. The number of anilines is 2. The second-order valence-corrected chi connectivity index (χ2v) is 5.97. The van der Waals surface area contributed by atoms with Crippen molar-refractivity contribution in [3.05, 3.63) is 77.5 Å². The van der Waals surface area contributed by atoms with Gasteiger partial charge in [-0.1, -0.05) is 25.1 Å². The van der Waals surface area contributed by atoms with E-state index in [0.29, 0.717) is 17.0 Å². The summed E-state index contributed by atoms with van der Waals surface area (Å²) in [6, 6.07) is 18.6. The molecule has 1 amide bonds. The Morgan fingerprint density at radius 2 is 1.85 bits per heavy atom. The van der Waals surface area contributed by atoms with E-state index in [2.05, 4.69) is 17.2 Å². The molecule has 1 heterocycles. The molecule has 0 saturated carbocycles. The number of nitrogen functional groups attached to an aromatic ring is 1. The highest BCUT2D eigenvalue weighted by molar-refractivity contribution is 6.07. The molecular weight excluding hydrogens is 326 g/mol. The maximum atomic E-state index is 12.4. The molecule has 0 spiro atoms. The Morgan fingerprint density at radius 3 is 2.54 bits per heavy atom. The number of hydrogen-bond acceptors (Lipinski definition) is 4. The second-order valence-electron chi connectivity index (χ2n) is 5.97. The Bertz CT molecular complexity index is 921. The summed E-state index contributed by atoms with van der Waals surface area (Å²) >= 11 is 0. The molecule has 2 aromatic carbocycles. The molecule has 0 saturated heterocycles. The van der Waals surface area contributed by atoms with E-state index in [1.807, 2.05) is 43.3 Å². The molecule has 5 nitrogen and oxygen atoms in total. The lowest BCUT2D eigenvalue weighted by atomic mass is 10.2. The van der Waals surface area contributed by atoms with Gasteiger partial charge in [0.1, 0.15) is 17.3 Å². The lowest BCUT2D eigenvalue weighted by molar-refractivity contribution is 0.102. The monoisotopic (exact) mass is 347 g/mol. The molecule has 5 heteroatoms. The van der Waals surface area contributed by atoms with Crippen molar-refractivity contribution in [2.75, 3.05) is 11.1 Å². The van der Waals surface area contributed by atoms with Crippen molar-refractivity contribution in [3.8, 4) is 11.5 Å². The minimum Gasteiger partial charge on any atom is -0.457 e. The summed E-state index contributed by atoms with van der Waals surface area (Å²) in [4.78, 5) is 16.5. The lowest BCUT2D eigenvalue weighted by Gasteiger charge is -2.10. The molecule has 0 unspecified atom stereocenters. The van der Waals surface area contributed by atoms with Gasteiger partial charge in [0, 0.05) is 17.4 Å². The van der Waals surface area contributed by atoms with Crippen molar-refractivity contribution in [3.63, 3.8) is 0 Å². The lowest BCUT2D eigenvalue weighted by Crippen LogP contribution is -2.15. The number of amides is 1. The van der Waals surface area contributed by atoms with Crippen LogP contribution in [0.15, 0.2) is 60.7 Å². The number of nitrogens with zero attached hydrogens (tertiary/aromatic N) is 1. The van der Waals surface area contributed by atoms with Crippen LogP contribution in [-0.4, -0.2) is 10.9 Å². The van der Waals surface area contributed by atoms with E-state index in [1.54, 1.807) is 24.3 Å². The SMILES string of the molecule is CCc1ccc(Oc2cccc(NC(=O)c3ccc(C)nc3N)c2)cc1. The minimum atomic E-state index is -0.306. The van der Waals surface area contributed by atoms with Gasteiger partial charge >= 0.3 is 0 Å². The van der Waals surface area contributed by atoms with Crippen LogP contribution in [0.5, 0.6) is 11.5 Å². The topological polar surface area (TPSA) is 77.2 Å². The molecule has 0 fully saturated rings. The van der Waals surface area contributed by atoms with Crippen molar-refractivity contribution in [1.82, 2.24) is 4.98 Å². The number of aromatic nitrogens is 1. The van der Waals surface area contributed by atoms with Crippen molar-refractivity contribution in [2.45, 2.75) is 20.3 Å². The fourth-order valence-corrected chi connectivity index (χ4v) is 2.53. The highest BCUT2D eigenvalue weighted by Gasteiger charge is 2.11. The third kappa shape index (κ3) is 4.19. The maximum absolute atomic E-state index is 12.4. The van der Waals surface area contributed by atoms with Gasteiger partial charge in [0.05, 0.1) is 5.56 Å². The van der Waals surface area contributed by atoms with Gasteiger partial charge in [0.15, 0.2) is 0 Å². The molecule has 0 aliphatic heterocycles. The highest BCUT2D eigenvalue weighted by atomic mass is 16.5. The van der Waals surface area contributed by atoms with Gasteiger partial charge in [-0.3, -0.25) is 4.79 Å². The number of carbonyl (C=O) groups is 1. The van der Waals surface area contributed by atoms with E-state index in [-0.39, 0.29) is 11.7 Å². The number of aryl methyl sites for hydroxylation is 2. The number of nitrogens with two attached hydrogens (primary N) is 1. The van der Waals surface area contributed by atoms with Crippen molar-refractivity contribution in [2.24, 2.45) is 0 Å². The first-order chi connectivity index (χ1) is 12.5. The smallest absolute Gasteiger partial charge is 0.259 e. The Kier molecular flexibility index (Phi) is 5.17. The number of ether oxygens (including phenoxy) is 1. The summed E-state index contributed by atoms with van der Waals surface area (Å²) in [6.45, 7) is 3.93. The molecule has 26 heavy (non-hydrogen) atoms. The van der Waals surface area contributed by atoms with E-state index < -0.39 is 0 Å². The Labute approximate surface area is 152 Å². The van der Waals surface area contributed by atoms with Crippen LogP contribution < -0.4 is 15.8 Å². The summed E-state index contributed by atoms with van der Waals surface area (Å²) in [5.41, 5.74) is 8.82. The molecule has 1 aromatic heterocycles. The Balaban J connectivity index is 1.73. The van der Waals surface area contributed by atoms with Crippen molar-refractivity contribution in [1.29, 1.82) is 0 Å². The van der Waals surface area contributed by atoms with Crippen LogP contribution in [-0.2, 0) is 6.42 Å². The normalized spacial score (nSPS) is 10.4. The van der Waals surface area contributed by atoms with E-state index >= 15 is 0 Å². The molecule has 3 aromatic rings. The quantitative estimate of drug-likeness (QED) is 0.708. The van der Waals surface area contributed by atoms with Gasteiger partial charge in [0.25, 0.3) is 5.91 Å². The summed E-state index contributed by atoms with van der Waals surface area (Å²) in [7, 11) is 0. The van der Waals surface area contributed by atoms with Gasteiger partial charge in [-0.25, -0.2) is 4.98 Å². The summed E-state index contributed by atoms with van der Waals surface area (Å²) < 4.78 is 5.86. The van der Waals surface area contributed by atoms with Crippen LogP contribution in [0.3, 0.4) is 0 Å². The van der Waals surface area contributed by atoms with E-state index in [9.17, 15) is 4.79 Å². The number of carbonyl (C=O) groups excluding carboxylic acids is 1. The molecule has 132 valence electrons. The first-order valence-electron chi connectivity index (χ1n) is 8.46. The largest absolute Gasteiger partial charge is 0.457 e. The van der Waals surface area contributed by atoms with Crippen LogP contribution in [0.2, 0.25) is 0 Å². The molecule has 0 atom stereocenters. The Hall–Kier alpha value is -3.34. The average Bonchev–Trinajstić information content (AvgIpc) is 2.62. The summed E-state index contributed by atoms with van der Waals surface area (Å²) in [6.07, 6.45) is 0.985. The van der Waals surface area contributed by atoms with Crippen LogP contribution in [0, 0.1) is 6.92 Å². The van der Waals surface area contributed by atoms with E-state index in [4.69, 9.17) is 10.5 Å². The van der Waals surface area contributed by atoms with Crippen molar-refractivity contribution < 1.29 is 9.53 Å². The van der Waals surface area contributed by atoms with Gasteiger partial charge in [0.2, 0.25) is 0 Å². The third-order valence-corrected chi connectivity index (χ3v) is 3.97. The van der Waals surface area contributed by atoms with Gasteiger partial charge in [-0.05, 0) is 55.3 Å². The predicted octanol–water partition coefficient (Wildman–Crippen LogP) is 4.58. The van der Waals surface area contributed by atoms with Gasteiger partial charge in [-0.15, -0.1) is 0 Å². The third-order valence-electron chi connectivity index (χ3n) is 3.97. The first-order valence-corrected chi connectivity index (χ1v) is 8.46. The molecule has 0 radical (unpaired) electrons. The molecule has 3 rings (SSSR count). The van der Waals surface area contributed by atoms with Crippen LogP contribution in [0.4, 0.5) is 11.5 Å². The molecular formula is C21H21N3O2. The van der Waals surface area contributed by atoms with Gasteiger partial charge < -0.3 is 15.8 Å². The molecule has 0 aliphatic carbocycles. The van der Waals surface area contributed by atoms with Gasteiger partial charge in [-0.2, -0.15) is 0 Å².